The van der Waals surface area contributed by atoms with Gasteiger partial charge < -0.3 is 9.64 Å². The van der Waals surface area contributed by atoms with Crippen LogP contribution in [0.5, 0.6) is 5.75 Å². The summed E-state index contributed by atoms with van der Waals surface area (Å²) in [6.45, 7) is 1.02. The van der Waals surface area contributed by atoms with Crippen LogP contribution < -0.4 is 9.64 Å². The highest BCUT2D eigenvalue weighted by Gasteiger charge is 2.53. The molecule has 0 radical (unpaired) electrons. The highest BCUT2D eigenvalue weighted by atomic mass is 16.5. The molecule has 0 bridgehead atoms. The molecule has 1 aliphatic heterocycles. The van der Waals surface area contributed by atoms with Gasteiger partial charge in [-0.2, -0.15) is 5.26 Å². The monoisotopic (exact) mass is 228 g/mol. The number of fused-ring (bicyclic) bond motifs is 1. The van der Waals surface area contributed by atoms with Gasteiger partial charge in [0.05, 0.1) is 18.3 Å². The molecule has 1 saturated carbocycles. The number of nitriles is 1. The maximum absolute atomic E-state index is 12.3. The van der Waals surface area contributed by atoms with Crippen LogP contribution in [0.4, 0.5) is 5.69 Å². The Balaban J connectivity index is 1.96. The Morgan fingerprint density at radius 3 is 2.88 bits per heavy atom. The molecular formula is C13H12N2O2. The third-order valence-corrected chi connectivity index (χ3v) is 3.35. The molecule has 1 amide bonds. The van der Waals surface area contributed by atoms with Crippen LogP contribution >= 0.6 is 0 Å². The van der Waals surface area contributed by atoms with E-state index in [1.807, 2.05) is 24.3 Å². The predicted octanol–water partition coefficient (Wildman–Crippen LogP) is 1.72. The lowest BCUT2D eigenvalue weighted by molar-refractivity contribution is -0.122. The van der Waals surface area contributed by atoms with Gasteiger partial charge in [-0.1, -0.05) is 12.1 Å². The zero-order valence-corrected chi connectivity index (χ0v) is 9.35. The van der Waals surface area contributed by atoms with Crippen molar-refractivity contribution in [3.8, 4) is 11.8 Å². The fourth-order valence-electron chi connectivity index (χ4n) is 2.14. The van der Waals surface area contributed by atoms with Crippen molar-refractivity contribution < 1.29 is 9.53 Å². The Bertz CT molecular complexity index is 514. The standard InChI is InChI=1S/C13H12N2O2/c14-9-13(5-6-13)12(16)15-7-8-17-11-4-2-1-3-10(11)15/h1-4H,5-8H2. The number of hydrogen-bond donors (Lipinski definition) is 0. The van der Waals surface area contributed by atoms with E-state index in [1.54, 1.807) is 4.90 Å². The van der Waals surface area contributed by atoms with Gasteiger partial charge in [0, 0.05) is 0 Å². The molecule has 1 aliphatic carbocycles. The second-order valence-electron chi connectivity index (χ2n) is 4.47. The van der Waals surface area contributed by atoms with Crippen LogP contribution in [-0.4, -0.2) is 19.1 Å². The molecule has 0 aromatic heterocycles. The summed E-state index contributed by atoms with van der Waals surface area (Å²) in [7, 11) is 0. The Kier molecular flexibility index (Phi) is 2.08. The SMILES string of the molecule is N#CC1(C(=O)N2CCOc3ccccc32)CC1. The fraction of sp³-hybridized carbons (Fsp3) is 0.385. The lowest BCUT2D eigenvalue weighted by Gasteiger charge is -2.30. The molecule has 2 aliphatic rings. The van der Waals surface area contributed by atoms with Crippen LogP contribution in [0.25, 0.3) is 0 Å². The number of para-hydroxylation sites is 2. The van der Waals surface area contributed by atoms with E-state index in [4.69, 9.17) is 10.00 Å². The van der Waals surface area contributed by atoms with Gasteiger partial charge >= 0.3 is 0 Å². The summed E-state index contributed by atoms with van der Waals surface area (Å²) in [5.74, 6) is 0.650. The molecule has 4 nitrogen and oxygen atoms in total. The molecule has 4 heteroatoms. The van der Waals surface area contributed by atoms with E-state index in [1.165, 1.54) is 0 Å². The van der Waals surface area contributed by atoms with Gasteiger partial charge in [0.1, 0.15) is 17.8 Å². The van der Waals surface area contributed by atoms with E-state index >= 15 is 0 Å². The normalized spacial score (nSPS) is 19.8. The number of amides is 1. The van der Waals surface area contributed by atoms with Crippen LogP contribution in [0, 0.1) is 16.7 Å². The quantitative estimate of drug-likeness (QED) is 0.735. The number of nitrogens with zero attached hydrogens (tertiary/aromatic N) is 2. The first kappa shape index (κ1) is 10.2. The molecule has 0 spiro atoms. The number of anilines is 1. The molecule has 0 unspecified atom stereocenters. The summed E-state index contributed by atoms with van der Waals surface area (Å²) in [5.41, 5.74) is 0.0232. The van der Waals surface area contributed by atoms with Gasteiger partial charge in [0.25, 0.3) is 0 Å². The molecule has 1 fully saturated rings. The average Bonchev–Trinajstić information content (AvgIpc) is 3.18. The van der Waals surface area contributed by atoms with E-state index in [9.17, 15) is 4.79 Å². The van der Waals surface area contributed by atoms with Crippen LogP contribution in [0.15, 0.2) is 24.3 Å². The summed E-state index contributed by atoms with van der Waals surface area (Å²) >= 11 is 0. The maximum Gasteiger partial charge on any atom is 0.247 e. The van der Waals surface area contributed by atoms with E-state index < -0.39 is 5.41 Å². The second kappa shape index (κ2) is 3.49. The van der Waals surface area contributed by atoms with Crippen molar-refractivity contribution >= 4 is 11.6 Å². The summed E-state index contributed by atoms with van der Waals surface area (Å²) in [6.07, 6.45) is 1.36. The minimum Gasteiger partial charge on any atom is -0.490 e. The van der Waals surface area contributed by atoms with Crippen molar-refractivity contribution in [2.75, 3.05) is 18.1 Å². The molecule has 1 aromatic carbocycles. The molecule has 86 valence electrons. The lowest BCUT2D eigenvalue weighted by Crippen LogP contribution is -2.42. The third kappa shape index (κ3) is 1.47. The maximum atomic E-state index is 12.3. The number of ether oxygens (including phenoxy) is 1. The van der Waals surface area contributed by atoms with Gasteiger partial charge in [-0.25, -0.2) is 0 Å². The third-order valence-electron chi connectivity index (χ3n) is 3.35. The van der Waals surface area contributed by atoms with Gasteiger partial charge in [-0.05, 0) is 25.0 Å². The zero-order valence-electron chi connectivity index (χ0n) is 9.35. The smallest absolute Gasteiger partial charge is 0.247 e. The number of benzene rings is 1. The van der Waals surface area contributed by atoms with E-state index in [2.05, 4.69) is 6.07 Å². The van der Waals surface area contributed by atoms with Crippen molar-refractivity contribution in [3.05, 3.63) is 24.3 Å². The minimum absolute atomic E-state index is 0.0734. The van der Waals surface area contributed by atoms with E-state index in [0.29, 0.717) is 26.0 Å². The number of hydrogen-bond acceptors (Lipinski definition) is 3. The minimum atomic E-state index is -0.759. The van der Waals surface area contributed by atoms with Gasteiger partial charge in [0.2, 0.25) is 5.91 Å². The zero-order chi connectivity index (χ0) is 11.9. The molecule has 17 heavy (non-hydrogen) atoms. The summed E-state index contributed by atoms with van der Waals surface area (Å²) in [5, 5.41) is 9.08. The summed E-state index contributed by atoms with van der Waals surface area (Å²) in [6, 6.07) is 9.61. The Morgan fingerprint density at radius 2 is 2.18 bits per heavy atom. The molecular weight excluding hydrogens is 216 g/mol. The molecule has 0 N–H and O–H groups in total. The van der Waals surface area contributed by atoms with Gasteiger partial charge in [0.15, 0.2) is 0 Å². The second-order valence-corrected chi connectivity index (χ2v) is 4.47. The molecule has 0 saturated heterocycles. The van der Waals surface area contributed by atoms with E-state index in [0.717, 1.165) is 11.4 Å². The van der Waals surface area contributed by atoms with Crippen molar-refractivity contribution in [1.29, 1.82) is 5.26 Å². The molecule has 1 aromatic rings. The van der Waals surface area contributed by atoms with Crippen LogP contribution in [0.3, 0.4) is 0 Å². The number of carbonyl (C=O) groups is 1. The highest BCUT2D eigenvalue weighted by molar-refractivity contribution is 6.02. The highest BCUT2D eigenvalue weighted by Crippen LogP contribution is 2.48. The Labute approximate surface area is 99.4 Å². The van der Waals surface area contributed by atoms with Crippen molar-refractivity contribution in [2.24, 2.45) is 5.41 Å². The Hall–Kier alpha value is -2.02. The molecule has 1 heterocycles. The van der Waals surface area contributed by atoms with Gasteiger partial charge in [-0.3, -0.25) is 4.79 Å². The first-order valence-corrected chi connectivity index (χ1v) is 5.72. The van der Waals surface area contributed by atoms with Crippen LogP contribution in [0.1, 0.15) is 12.8 Å². The average molecular weight is 228 g/mol. The summed E-state index contributed by atoms with van der Waals surface area (Å²) in [4.78, 5) is 14.0. The number of rotatable bonds is 1. The van der Waals surface area contributed by atoms with Crippen molar-refractivity contribution in [2.45, 2.75) is 12.8 Å². The predicted molar refractivity (Wildman–Crippen MR) is 61.6 cm³/mol. The molecule has 3 rings (SSSR count). The fourth-order valence-corrected chi connectivity index (χ4v) is 2.14. The first-order chi connectivity index (χ1) is 8.27. The summed E-state index contributed by atoms with van der Waals surface area (Å²) < 4.78 is 5.49. The van der Waals surface area contributed by atoms with Crippen molar-refractivity contribution in [3.63, 3.8) is 0 Å². The van der Waals surface area contributed by atoms with E-state index in [-0.39, 0.29) is 5.91 Å². The van der Waals surface area contributed by atoms with Crippen LogP contribution in [0.2, 0.25) is 0 Å². The topological polar surface area (TPSA) is 53.3 Å². The largest absolute Gasteiger partial charge is 0.490 e. The molecule has 0 atom stereocenters. The Morgan fingerprint density at radius 1 is 1.41 bits per heavy atom. The van der Waals surface area contributed by atoms with Crippen LogP contribution in [-0.2, 0) is 4.79 Å². The first-order valence-electron chi connectivity index (χ1n) is 5.72. The lowest BCUT2D eigenvalue weighted by atomic mass is 10.1. The number of carbonyl (C=O) groups excluding carboxylic acids is 1. The van der Waals surface area contributed by atoms with Gasteiger partial charge in [-0.15, -0.1) is 0 Å². The van der Waals surface area contributed by atoms with Crippen molar-refractivity contribution in [1.82, 2.24) is 0 Å².